The molecule has 0 saturated heterocycles. The average molecular weight is 325 g/mol. The fourth-order valence-electron chi connectivity index (χ4n) is 2.95. The Labute approximate surface area is 131 Å². The zero-order valence-corrected chi connectivity index (χ0v) is 13.5. The molecule has 1 saturated carbocycles. The van der Waals surface area contributed by atoms with Gasteiger partial charge in [-0.05, 0) is 49.9 Å². The molecule has 2 rings (SSSR count). The zero-order valence-electron chi connectivity index (χ0n) is 12.7. The minimum Gasteiger partial charge on any atom is -0.366 e. The first-order valence-electron chi connectivity index (χ1n) is 7.48. The number of benzene rings is 1. The van der Waals surface area contributed by atoms with Crippen LogP contribution in [0.2, 0.25) is 0 Å². The maximum atomic E-state index is 12.5. The third kappa shape index (κ3) is 3.66. The number of hydrogen-bond acceptors (Lipinski definition) is 4. The van der Waals surface area contributed by atoms with E-state index in [1.54, 1.807) is 13.0 Å². The Kier molecular flexibility index (Phi) is 5.20. The number of rotatable bonds is 5. The molecule has 1 aliphatic carbocycles. The van der Waals surface area contributed by atoms with Crippen molar-refractivity contribution in [2.45, 2.75) is 43.5 Å². The average Bonchev–Trinajstić information content (AvgIpc) is 2.47. The van der Waals surface area contributed by atoms with Crippen LogP contribution in [0.1, 0.15) is 41.6 Å². The lowest BCUT2D eigenvalue weighted by molar-refractivity contribution is 0.0999. The van der Waals surface area contributed by atoms with Crippen molar-refractivity contribution in [1.29, 1.82) is 0 Å². The predicted octanol–water partition coefficient (Wildman–Crippen LogP) is 0.890. The molecule has 2 unspecified atom stereocenters. The van der Waals surface area contributed by atoms with E-state index < -0.39 is 15.9 Å². The van der Waals surface area contributed by atoms with Crippen molar-refractivity contribution in [3.05, 3.63) is 29.3 Å². The van der Waals surface area contributed by atoms with Gasteiger partial charge in [-0.15, -0.1) is 0 Å². The molecule has 7 heteroatoms. The van der Waals surface area contributed by atoms with Crippen molar-refractivity contribution in [2.24, 2.45) is 17.4 Å². The van der Waals surface area contributed by atoms with E-state index in [9.17, 15) is 13.2 Å². The number of amides is 1. The first-order valence-corrected chi connectivity index (χ1v) is 8.96. The van der Waals surface area contributed by atoms with E-state index in [-0.39, 0.29) is 22.4 Å². The highest BCUT2D eigenvalue weighted by Gasteiger charge is 2.29. The van der Waals surface area contributed by atoms with E-state index in [0.29, 0.717) is 12.1 Å². The summed E-state index contributed by atoms with van der Waals surface area (Å²) in [6, 6.07) is 4.27. The van der Waals surface area contributed by atoms with Crippen LogP contribution in [0.25, 0.3) is 0 Å². The fourth-order valence-corrected chi connectivity index (χ4v) is 4.31. The van der Waals surface area contributed by atoms with Gasteiger partial charge in [0.25, 0.3) is 0 Å². The van der Waals surface area contributed by atoms with Crippen LogP contribution in [0.15, 0.2) is 23.1 Å². The Morgan fingerprint density at radius 2 is 2.00 bits per heavy atom. The Hall–Kier alpha value is -1.44. The molecule has 1 fully saturated rings. The second-order valence-electron chi connectivity index (χ2n) is 5.85. The highest BCUT2D eigenvalue weighted by molar-refractivity contribution is 7.89. The van der Waals surface area contributed by atoms with E-state index in [0.717, 1.165) is 25.7 Å². The molecule has 2 atom stereocenters. The van der Waals surface area contributed by atoms with Crippen molar-refractivity contribution < 1.29 is 13.2 Å². The topological polar surface area (TPSA) is 115 Å². The van der Waals surface area contributed by atoms with E-state index in [1.165, 1.54) is 12.1 Å². The predicted molar refractivity (Wildman–Crippen MR) is 84.8 cm³/mol. The van der Waals surface area contributed by atoms with E-state index in [2.05, 4.69) is 4.72 Å². The number of hydrogen-bond donors (Lipinski definition) is 3. The summed E-state index contributed by atoms with van der Waals surface area (Å²) in [4.78, 5) is 11.4. The van der Waals surface area contributed by atoms with Gasteiger partial charge >= 0.3 is 0 Å². The van der Waals surface area contributed by atoms with Gasteiger partial charge in [0.2, 0.25) is 15.9 Å². The molecule has 1 aromatic rings. The second-order valence-corrected chi connectivity index (χ2v) is 7.56. The SMILES string of the molecule is Cc1ccc(S(=O)(=O)NC2CCCCC2CN)cc1C(N)=O. The number of aryl methyl sites for hydroxylation is 1. The summed E-state index contributed by atoms with van der Waals surface area (Å²) in [6.07, 6.45) is 3.79. The zero-order chi connectivity index (χ0) is 16.3. The summed E-state index contributed by atoms with van der Waals surface area (Å²) in [6.45, 7) is 2.18. The molecule has 0 aliphatic heterocycles. The molecule has 122 valence electrons. The molecule has 6 nitrogen and oxygen atoms in total. The van der Waals surface area contributed by atoms with Crippen LogP contribution in [-0.4, -0.2) is 26.9 Å². The molecule has 0 spiro atoms. The third-order valence-electron chi connectivity index (χ3n) is 4.30. The van der Waals surface area contributed by atoms with Crippen molar-refractivity contribution in [1.82, 2.24) is 4.72 Å². The largest absolute Gasteiger partial charge is 0.366 e. The van der Waals surface area contributed by atoms with Crippen LogP contribution in [0.5, 0.6) is 0 Å². The Morgan fingerprint density at radius 1 is 1.32 bits per heavy atom. The number of nitrogens with two attached hydrogens (primary N) is 2. The number of sulfonamides is 1. The van der Waals surface area contributed by atoms with Gasteiger partial charge in [-0.25, -0.2) is 13.1 Å². The number of carbonyl (C=O) groups excluding carboxylic acids is 1. The smallest absolute Gasteiger partial charge is 0.249 e. The van der Waals surface area contributed by atoms with Crippen molar-refractivity contribution in [3.63, 3.8) is 0 Å². The quantitative estimate of drug-likeness (QED) is 0.745. The van der Waals surface area contributed by atoms with Gasteiger partial charge in [0.05, 0.1) is 4.90 Å². The van der Waals surface area contributed by atoms with Crippen LogP contribution < -0.4 is 16.2 Å². The van der Waals surface area contributed by atoms with Crippen molar-refractivity contribution in [2.75, 3.05) is 6.54 Å². The highest BCUT2D eigenvalue weighted by atomic mass is 32.2. The number of primary amides is 1. The van der Waals surface area contributed by atoms with Gasteiger partial charge in [0, 0.05) is 11.6 Å². The second kappa shape index (κ2) is 6.76. The summed E-state index contributed by atoms with van der Waals surface area (Å²) >= 11 is 0. The van der Waals surface area contributed by atoms with Crippen molar-refractivity contribution >= 4 is 15.9 Å². The van der Waals surface area contributed by atoms with Gasteiger partial charge in [-0.3, -0.25) is 4.79 Å². The van der Waals surface area contributed by atoms with E-state index >= 15 is 0 Å². The normalized spacial score (nSPS) is 22.5. The minimum absolute atomic E-state index is 0.0632. The Balaban J connectivity index is 2.26. The molecule has 0 bridgehead atoms. The number of nitrogens with one attached hydrogen (secondary N) is 1. The van der Waals surface area contributed by atoms with Crippen LogP contribution >= 0.6 is 0 Å². The lowest BCUT2D eigenvalue weighted by atomic mass is 9.85. The Morgan fingerprint density at radius 3 is 2.64 bits per heavy atom. The summed E-state index contributed by atoms with van der Waals surface area (Å²) in [5, 5.41) is 0. The van der Waals surface area contributed by atoms with Gasteiger partial charge in [0.15, 0.2) is 0 Å². The van der Waals surface area contributed by atoms with Gasteiger partial charge in [-0.1, -0.05) is 18.9 Å². The summed E-state index contributed by atoms with van der Waals surface area (Å²) < 4.78 is 27.8. The van der Waals surface area contributed by atoms with E-state index in [4.69, 9.17) is 11.5 Å². The van der Waals surface area contributed by atoms with Crippen LogP contribution in [-0.2, 0) is 10.0 Å². The third-order valence-corrected chi connectivity index (χ3v) is 5.79. The standard InChI is InChI=1S/C15H23N3O3S/c1-10-6-7-12(8-13(10)15(17)19)22(20,21)18-14-5-3-2-4-11(14)9-16/h6-8,11,14,18H,2-5,9,16H2,1H3,(H2,17,19). The monoisotopic (exact) mass is 325 g/mol. The maximum Gasteiger partial charge on any atom is 0.249 e. The van der Waals surface area contributed by atoms with Crippen LogP contribution in [0.3, 0.4) is 0 Å². The molecule has 1 aromatic carbocycles. The molecular formula is C15H23N3O3S. The summed E-state index contributed by atoms with van der Waals surface area (Å²) in [7, 11) is -3.69. The Bertz CT molecular complexity index is 658. The molecule has 0 radical (unpaired) electrons. The highest BCUT2D eigenvalue weighted by Crippen LogP contribution is 2.25. The first kappa shape index (κ1) is 16.9. The van der Waals surface area contributed by atoms with E-state index in [1.807, 2.05) is 0 Å². The molecule has 22 heavy (non-hydrogen) atoms. The van der Waals surface area contributed by atoms with Crippen LogP contribution in [0.4, 0.5) is 0 Å². The van der Waals surface area contributed by atoms with Gasteiger partial charge in [0.1, 0.15) is 0 Å². The molecule has 1 aliphatic rings. The minimum atomic E-state index is -3.69. The molecule has 1 amide bonds. The van der Waals surface area contributed by atoms with Crippen LogP contribution in [0, 0.1) is 12.8 Å². The lowest BCUT2D eigenvalue weighted by Crippen LogP contribution is -2.44. The van der Waals surface area contributed by atoms with Gasteiger partial charge < -0.3 is 11.5 Å². The fraction of sp³-hybridized carbons (Fsp3) is 0.533. The molecule has 0 heterocycles. The summed E-state index contributed by atoms with van der Waals surface area (Å²) in [5.74, 6) is -0.475. The molecular weight excluding hydrogens is 302 g/mol. The number of carbonyl (C=O) groups is 1. The first-order chi connectivity index (χ1) is 10.3. The maximum absolute atomic E-state index is 12.5. The lowest BCUT2D eigenvalue weighted by Gasteiger charge is -2.31. The van der Waals surface area contributed by atoms with Crippen molar-refractivity contribution in [3.8, 4) is 0 Å². The molecule has 0 aromatic heterocycles. The van der Waals surface area contributed by atoms with Gasteiger partial charge in [-0.2, -0.15) is 0 Å². The summed E-state index contributed by atoms with van der Waals surface area (Å²) in [5.41, 5.74) is 11.9. The molecule has 5 N–H and O–H groups in total.